The van der Waals surface area contributed by atoms with Crippen LogP contribution in [0.5, 0.6) is 5.75 Å². The van der Waals surface area contributed by atoms with Gasteiger partial charge >= 0.3 is 6.03 Å². The number of urea groups is 1. The van der Waals surface area contributed by atoms with E-state index in [1.807, 2.05) is 18.2 Å². The summed E-state index contributed by atoms with van der Waals surface area (Å²) >= 11 is 0. The molecule has 1 aromatic rings. The second-order valence-corrected chi connectivity index (χ2v) is 3.64. The number of nitrogens with zero attached hydrogens (tertiary/aromatic N) is 1. The zero-order valence-corrected chi connectivity index (χ0v) is 8.69. The van der Waals surface area contributed by atoms with Crippen LogP contribution in [0.3, 0.4) is 0 Å². The molecule has 1 aliphatic heterocycles. The van der Waals surface area contributed by atoms with Crippen molar-refractivity contribution in [3.63, 3.8) is 0 Å². The molecule has 1 aliphatic rings. The van der Waals surface area contributed by atoms with Crippen molar-refractivity contribution in [2.75, 3.05) is 13.7 Å². The molecule has 0 saturated heterocycles. The number of ether oxygens (including phenoxy) is 1. The third-order valence-electron chi connectivity index (χ3n) is 2.74. The van der Waals surface area contributed by atoms with E-state index in [-0.39, 0.29) is 6.03 Å². The molecule has 0 radical (unpaired) electrons. The van der Waals surface area contributed by atoms with Crippen LogP contribution in [0.4, 0.5) is 4.79 Å². The van der Waals surface area contributed by atoms with Gasteiger partial charge in [-0.1, -0.05) is 6.07 Å². The van der Waals surface area contributed by atoms with Crippen LogP contribution in [-0.2, 0) is 13.0 Å². The van der Waals surface area contributed by atoms with Crippen molar-refractivity contribution >= 4 is 6.03 Å². The Bertz CT molecular complexity index is 390. The molecule has 80 valence electrons. The molecule has 0 fully saturated rings. The van der Waals surface area contributed by atoms with Gasteiger partial charge in [-0.05, 0) is 29.7 Å². The summed E-state index contributed by atoms with van der Waals surface area (Å²) in [6.07, 6.45) is 0.843. The van der Waals surface area contributed by atoms with E-state index in [1.54, 1.807) is 12.0 Å². The second-order valence-electron chi connectivity index (χ2n) is 3.64. The maximum absolute atomic E-state index is 11.0. The number of primary amides is 1. The van der Waals surface area contributed by atoms with E-state index in [9.17, 15) is 4.79 Å². The summed E-state index contributed by atoms with van der Waals surface area (Å²) in [5, 5.41) is 0. The SMILES string of the molecule is COc1ccc2c(c1)CCN(C(N)=O)C2. The lowest BCUT2D eigenvalue weighted by atomic mass is 10.00. The Morgan fingerprint density at radius 2 is 2.27 bits per heavy atom. The summed E-state index contributed by atoms with van der Waals surface area (Å²) in [5.41, 5.74) is 7.64. The number of hydrogen-bond donors (Lipinski definition) is 1. The minimum Gasteiger partial charge on any atom is -0.497 e. The molecular weight excluding hydrogens is 192 g/mol. The minimum atomic E-state index is -0.350. The molecule has 15 heavy (non-hydrogen) atoms. The molecule has 0 spiro atoms. The van der Waals surface area contributed by atoms with Gasteiger partial charge in [0.15, 0.2) is 0 Å². The Morgan fingerprint density at radius 1 is 1.47 bits per heavy atom. The fourth-order valence-electron chi connectivity index (χ4n) is 1.84. The summed E-state index contributed by atoms with van der Waals surface area (Å²) in [5.74, 6) is 0.862. The van der Waals surface area contributed by atoms with Crippen LogP contribution >= 0.6 is 0 Å². The van der Waals surface area contributed by atoms with Crippen molar-refractivity contribution in [3.8, 4) is 5.75 Å². The number of nitrogens with two attached hydrogens (primary N) is 1. The third kappa shape index (κ3) is 1.88. The highest BCUT2D eigenvalue weighted by Gasteiger charge is 2.18. The van der Waals surface area contributed by atoms with Crippen molar-refractivity contribution < 1.29 is 9.53 Å². The largest absolute Gasteiger partial charge is 0.497 e. The van der Waals surface area contributed by atoms with E-state index in [2.05, 4.69) is 0 Å². The van der Waals surface area contributed by atoms with Gasteiger partial charge in [0.25, 0.3) is 0 Å². The predicted molar refractivity (Wildman–Crippen MR) is 56.7 cm³/mol. The molecule has 2 rings (SSSR count). The normalized spacial score (nSPS) is 14.6. The van der Waals surface area contributed by atoms with Gasteiger partial charge in [0.05, 0.1) is 7.11 Å². The first-order valence-corrected chi connectivity index (χ1v) is 4.91. The fourth-order valence-corrected chi connectivity index (χ4v) is 1.84. The Balaban J connectivity index is 2.24. The van der Waals surface area contributed by atoms with E-state index in [1.165, 1.54) is 5.56 Å². The first-order valence-electron chi connectivity index (χ1n) is 4.91. The Kier molecular flexibility index (Phi) is 2.49. The van der Waals surface area contributed by atoms with Gasteiger partial charge in [0, 0.05) is 13.1 Å². The molecule has 4 heteroatoms. The summed E-state index contributed by atoms with van der Waals surface area (Å²) in [7, 11) is 1.65. The first-order chi connectivity index (χ1) is 7.20. The molecule has 2 amide bonds. The van der Waals surface area contributed by atoms with Crippen molar-refractivity contribution in [3.05, 3.63) is 29.3 Å². The molecule has 0 unspecified atom stereocenters. The Hall–Kier alpha value is -1.71. The molecule has 0 saturated carbocycles. The second kappa shape index (κ2) is 3.81. The molecule has 1 aromatic carbocycles. The van der Waals surface area contributed by atoms with Gasteiger partial charge in [0.2, 0.25) is 0 Å². The lowest BCUT2D eigenvalue weighted by Gasteiger charge is -2.27. The molecular formula is C11H14N2O2. The quantitative estimate of drug-likeness (QED) is 0.749. The summed E-state index contributed by atoms with van der Waals surface area (Å²) in [4.78, 5) is 12.7. The predicted octanol–water partition coefficient (Wildman–Crippen LogP) is 1.13. The van der Waals surface area contributed by atoms with Gasteiger partial charge in [-0.25, -0.2) is 4.79 Å². The summed E-state index contributed by atoms with van der Waals surface area (Å²) in [6, 6.07) is 5.57. The zero-order chi connectivity index (χ0) is 10.8. The molecule has 0 atom stereocenters. The number of hydrogen-bond acceptors (Lipinski definition) is 2. The highest BCUT2D eigenvalue weighted by atomic mass is 16.5. The maximum Gasteiger partial charge on any atom is 0.315 e. The van der Waals surface area contributed by atoms with Crippen LogP contribution in [0.2, 0.25) is 0 Å². The molecule has 0 aromatic heterocycles. The number of methoxy groups -OCH3 is 1. The van der Waals surface area contributed by atoms with Gasteiger partial charge in [-0.3, -0.25) is 0 Å². The van der Waals surface area contributed by atoms with Gasteiger partial charge in [-0.15, -0.1) is 0 Å². The average Bonchev–Trinajstić information content (AvgIpc) is 2.27. The third-order valence-corrected chi connectivity index (χ3v) is 2.74. The van der Waals surface area contributed by atoms with Crippen LogP contribution in [0.25, 0.3) is 0 Å². The van der Waals surface area contributed by atoms with Crippen molar-refractivity contribution in [1.29, 1.82) is 0 Å². The number of benzene rings is 1. The number of rotatable bonds is 1. The monoisotopic (exact) mass is 206 g/mol. The minimum absolute atomic E-state index is 0.350. The highest BCUT2D eigenvalue weighted by Crippen LogP contribution is 2.23. The van der Waals surface area contributed by atoms with E-state index in [0.29, 0.717) is 13.1 Å². The molecule has 4 nitrogen and oxygen atoms in total. The summed E-state index contributed by atoms with van der Waals surface area (Å²) in [6.45, 7) is 1.30. The number of carbonyl (C=O) groups is 1. The Morgan fingerprint density at radius 3 is 2.93 bits per heavy atom. The van der Waals surface area contributed by atoms with Gasteiger partial charge < -0.3 is 15.4 Å². The highest BCUT2D eigenvalue weighted by molar-refractivity contribution is 5.72. The molecule has 1 heterocycles. The maximum atomic E-state index is 11.0. The van der Waals surface area contributed by atoms with Crippen LogP contribution in [-0.4, -0.2) is 24.6 Å². The molecule has 2 N–H and O–H groups in total. The van der Waals surface area contributed by atoms with Crippen molar-refractivity contribution in [2.45, 2.75) is 13.0 Å². The van der Waals surface area contributed by atoms with Crippen molar-refractivity contribution in [2.24, 2.45) is 5.73 Å². The van der Waals surface area contributed by atoms with E-state index < -0.39 is 0 Å². The fraction of sp³-hybridized carbons (Fsp3) is 0.364. The van der Waals surface area contributed by atoms with Crippen LogP contribution in [0.15, 0.2) is 18.2 Å². The molecule has 0 aliphatic carbocycles. The smallest absolute Gasteiger partial charge is 0.315 e. The standard InChI is InChI=1S/C11H14N2O2/c1-15-10-3-2-9-7-13(11(12)14)5-4-8(9)6-10/h2-3,6H,4-5,7H2,1H3,(H2,12,14). The van der Waals surface area contributed by atoms with Crippen LogP contribution < -0.4 is 10.5 Å². The average molecular weight is 206 g/mol. The topological polar surface area (TPSA) is 55.6 Å². The lowest BCUT2D eigenvalue weighted by Crippen LogP contribution is -2.39. The van der Waals surface area contributed by atoms with Gasteiger partial charge in [-0.2, -0.15) is 0 Å². The van der Waals surface area contributed by atoms with E-state index in [4.69, 9.17) is 10.5 Å². The lowest BCUT2D eigenvalue weighted by molar-refractivity contribution is 0.202. The van der Waals surface area contributed by atoms with E-state index >= 15 is 0 Å². The summed E-state index contributed by atoms with van der Waals surface area (Å²) < 4.78 is 5.15. The van der Waals surface area contributed by atoms with E-state index in [0.717, 1.165) is 17.7 Å². The Labute approximate surface area is 88.6 Å². The van der Waals surface area contributed by atoms with Crippen LogP contribution in [0.1, 0.15) is 11.1 Å². The number of carbonyl (C=O) groups excluding carboxylic acids is 1. The first kappa shape index (κ1) is 9.83. The number of amides is 2. The molecule has 0 bridgehead atoms. The van der Waals surface area contributed by atoms with Crippen LogP contribution in [0, 0.1) is 0 Å². The zero-order valence-electron chi connectivity index (χ0n) is 8.69. The van der Waals surface area contributed by atoms with Gasteiger partial charge in [0.1, 0.15) is 5.75 Å². The van der Waals surface area contributed by atoms with Crippen molar-refractivity contribution in [1.82, 2.24) is 4.90 Å². The number of fused-ring (bicyclic) bond motifs is 1.